The van der Waals surface area contributed by atoms with E-state index in [0.717, 1.165) is 24.0 Å². The number of likely N-dealkylation sites (tertiary alicyclic amines) is 1. The first-order valence-corrected chi connectivity index (χ1v) is 10.6. The Labute approximate surface area is 163 Å². The lowest BCUT2D eigenvalue weighted by molar-refractivity contribution is 0.443. The Hall–Kier alpha value is -1.61. The highest BCUT2D eigenvalue weighted by atomic mass is 32.1. The Bertz CT molecular complexity index is 775. The van der Waals surface area contributed by atoms with Crippen molar-refractivity contribution in [3.63, 3.8) is 0 Å². The maximum absolute atomic E-state index is 5.81. The van der Waals surface area contributed by atoms with Crippen LogP contribution in [0.1, 0.15) is 73.4 Å². The summed E-state index contributed by atoms with van der Waals surface area (Å²) in [7, 11) is 0. The van der Waals surface area contributed by atoms with Gasteiger partial charge in [0.05, 0.1) is 0 Å². The summed E-state index contributed by atoms with van der Waals surface area (Å²) >= 11 is 5.81. The second kappa shape index (κ2) is 7.56. The van der Waals surface area contributed by atoms with Crippen molar-refractivity contribution in [3.8, 4) is 5.69 Å². The topological polar surface area (TPSA) is 8.17 Å². The van der Waals surface area contributed by atoms with Gasteiger partial charge in [0, 0.05) is 35.7 Å². The third-order valence-corrected chi connectivity index (χ3v) is 6.76. The van der Waals surface area contributed by atoms with Gasteiger partial charge < -0.3 is 9.47 Å². The zero-order valence-electron chi connectivity index (χ0n) is 16.1. The molecule has 138 valence electrons. The molecule has 2 fully saturated rings. The van der Waals surface area contributed by atoms with Crippen molar-refractivity contribution in [2.75, 3.05) is 13.1 Å². The van der Waals surface area contributed by atoms with E-state index >= 15 is 0 Å². The van der Waals surface area contributed by atoms with Crippen LogP contribution >= 0.6 is 12.2 Å². The average molecular weight is 367 g/mol. The van der Waals surface area contributed by atoms with Crippen molar-refractivity contribution in [3.05, 3.63) is 52.8 Å². The van der Waals surface area contributed by atoms with E-state index in [1.165, 1.54) is 73.1 Å². The molecule has 0 atom stereocenters. The van der Waals surface area contributed by atoms with Gasteiger partial charge >= 0.3 is 0 Å². The molecule has 1 aliphatic carbocycles. The summed E-state index contributed by atoms with van der Waals surface area (Å²) in [5, 5.41) is 0. The van der Waals surface area contributed by atoms with Gasteiger partial charge in [-0.1, -0.05) is 43.6 Å². The van der Waals surface area contributed by atoms with Gasteiger partial charge in [0.15, 0.2) is 0 Å². The fraction of sp³-hybridized carbons (Fsp3) is 0.522. The molecule has 3 heteroatoms. The maximum atomic E-state index is 5.81. The first-order chi connectivity index (χ1) is 12.6. The van der Waals surface area contributed by atoms with Crippen molar-refractivity contribution in [2.24, 2.45) is 0 Å². The van der Waals surface area contributed by atoms with Crippen LogP contribution < -0.4 is 0 Å². The second-order valence-corrected chi connectivity index (χ2v) is 8.43. The summed E-state index contributed by atoms with van der Waals surface area (Å²) in [5.41, 5.74) is 6.55. The molecule has 1 aromatic carbocycles. The maximum Gasteiger partial charge on any atom is 0.111 e. The molecule has 26 heavy (non-hydrogen) atoms. The third kappa shape index (κ3) is 3.34. The average Bonchev–Trinajstić information content (AvgIpc) is 3.31. The normalized spacial score (nSPS) is 18.5. The van der Waals surface area contributed by atoms with Gasteiger partial charge in [0.1, 0.15) is 4.99 Å². The highest BCUT2D eigenvalue weighted by Gasteiger charge is 2.21. The van der Waals surface area contributed by atoms with E-state index in [4.69, 9.17) is 12.2 Å². The fourth-order valence-corrected chi connectivity index (χ4v) is 5.19. The summed E-state index contributed by atoms with van der Waals surface area (Å²) in [4.78, 5) is 3.40. The quantitative estimate of drug-likeness (QED) is 0.624. The van der Waals surface area contributed by atoms with Crippen molar-refractivity contribution >= 4 is 17.2 Å². The molecule has 0 spiro atoms. The molecule has 4 rings (SSSR count). The number of thiocarbonyl (C=S) groups is 1. The molecule has 2 heterocycles. The van der Waals surface area contributed by atoms with Crippen molar-refractivity contribution in [1.29, 1.82) is 0 Å². The van der Waals surface area contributed by atoms with Gasteiger partial charge in [-0.2, -0.15) is 0 Å². The number of nitrogens with zero attached hydrogens (tertiary/aromatic N) is 2. The molecule has 0 N–H and O–H groups in total. The molecule has 0 radical (unpaired) electrons. The van der Waals surface area contributed by atoms with Crippen molar-refractivity contribution < 1.29 is 0 Å². The van der Waals surface area contributed by atoms with Crippen LogP contribution in [-0.4, -0.2) is 27.5 Å². The van der Waals surface area contributed by atoms with E-state index in [1.54, 1.807) is 0 Å². The Morgan fingerprint density at radius 3 is 2.23 bits per heavy atom. The van der Waals surface area contributed by atoms with E-state index in [9.17, 15) is 0 Å². The summed E-state index contributed by atoms with van der Waals surface area (Å²) in [6.07, 6.45) is 9.43. The SMILES string of the molecule is Cc1cc(C(=S)N2CCCC2)c(C)n1-c1ccc(C2CCCCC2)cc1. The summed E-state index contributed by atoms with van der Waals surface area (Å²) < 4.78 is 2.36. The molecule has 0 amide bonds. The zero-order valence-corrected chi connectivity index (χ0v) is 16.9. The van der Waals surface area contributed by atoms with Crippen molar-refractivity contribution in [2.45, 2.75) is 64.7 Å². The van der Waals surface area contributed by atoms with Crippen LogP contribution in [0.15, 0.2) is 30.3 Å². The molecule has 1 aliphatic heterocycles. The highest BCUT2D eigenvalue weighted by molar-refractivity contribution is 7.80. The van der Waals surface area contributed by atoms with Gasteiger partial charge in [-0.05, 0) is 69.2 Å². The Balaban J connectivity index is 1.60. The number of hydrogen-bond donors (Lipinski definition) is 0. The lowest BCUT2D eigenvalue weighted by Gasteiger charge is -2.22. The molecule has 0 bridgehead atoms. The van der Waals surface area contributed by atoms with Gasteiger partial charge in [-0.15, -0.1) is 0 Å². The minimum atomic E-state index is 0.767. The Morgan fingerprint density at radius 2 is 1.58 bits per heavy atom. The van der Waals surface area contributed by atoms with E-state index in [0.29, 0.717) is 0 Å². The molecule has 2 aromatic rings. The van der Waals surface area contributed by atoms with Gasteiger partial charge in [0.2, 0.25) is 0 Å². The van der Waals surface area contributed by atoms with Crippen LogP contribution in [0.4, 0.5) is 0 Å². The molecule has 1 saturated heterocycles. The predicted octanol–water partition coefficient (Wildman–Crippen LogP) is 5.91. The van der Waals surface area contributed by atoms with E-state index < -0.39 is 0 Å². The van der Waals surface area contributed by atoms with Gasteiger partial charge in [0.25, 0.3) is 0 Å². The number of benzene rings is 1. The number of aryl methyl sites for hydroxylation is 1. The van der Waals surface area contributed by atoms with E-state index in [-0.39, 0.29) is 0 Å². The third-order valence-electron chi connectivity index (χ3n) is 6.28. The van der Waals surface area contributed by atoms with Crippen LogP contribution in [0.5, 0.6) is 0 Å². The van der Waals surface area contributed by atoms with Gasteiger partial charge in [-0.25, -0.2) is 0 Å². The largest absolute Gasteiger partial charge is 0.362 e. The van der Waals surface area contributed by atoms with E-state index in [1.807, 2.05) is 0 Å². The first-order valence-electron chi connectivity index (χ1n) is 10.2. The Morgan fingerprint density at radius 1 is 0.923 bits per heavy atom. The number of aromatic nitrogens is 1. The van der Waals surface area contributed by atoms with Crippen LogP contribution in [0.2, 0.25) is 0 Å². The monoisotopic (exact) mass is 366 g/mol. The lowest BCUT2D eigenvalue weighted by Crippen LogP contribution is -2.27. The molecule has 2 nitrogen and oxygen atoms in total. The summed E-state index contributed by atoms with van der Waals surface area (Å²) in [5.74, 6) is 0.767. The van der Waals surface area contributed by atoms with Crippen LogP contribution in [0.3, 0.4) is 0 Å². The molecular weight excluding hydrogens is 336 g/mol. The molecular formula is C23H30N2S. The smallest absolute Gasteiger partial charge is 0.111 e. The minimum Gasteiger partial charge on any atom is -0.362 e. The Kier molecular flexibility index (Phi) is 5.17. The molecule has 2 aliphatic rings. The predicted molar refractivity (Wildman–Crippen MR) is 114 cm³/mol. The summed E-state index contributed by atoms with van der Waals surface area (Å²) in [6, 6.07) is 11.6. The lowest BCUT2D eigenvalue weighted by atomic mass is 9.84. The van der Waals surface area contributed by atoms with Crippen molar-refractivity contribution in [1.82, 2.24) is 9.47 Å². The standard InChI is InChI=1S/C23H30N2S/c1-17-16-22(23(26)24-14-6-7-15-24)18(2)25(17)21-12-10-20(11-13-21)19-8-4-3-5-9-19/h10-13,16,19H,3-9,14-15H2,1-2H3. The minimum absolute atomic E-state index is 0.767. The van der Waals surface area contributed by atoms with Gasteiger partial charge in [-0.3, -0.25) is 0 Å². The zero-order chi connectivity index (χ0) is 18.1. The molecule has 1 saturated carbocycles. The molecule has 0 unspecified atom stereocenters. The number of rotatable bonds is 3. The molecule has 1 aromatic heterocycles. The highest BCUT2D eigenvalue weighted by Crippen LogP contribution is 2.33. The van der Waals surface area contributed by atoms with Crippen LogP contribution in [-0.2, 0) is 0 Å². The second-order valence-electron chi connectivity index (χ2n) is 8.05. The van der Waals surface area contributed by atoms with E-state index in [2.05, 4.69) is 53.6 Å². The first kappa shape index (κ1) is 17.8. The summed E-state index contributed by atoms with van der Waals surface area (Å²) in [6.45, 7) is 6.62. The van der Waals surface area contributed by atoms with Crippen LogP contribution in [0.25, 0.3) is 5.69 Å². The van der Waals surface area contributed by atoms with Crippen LogP contribution in [0, 0.1) is 13.8 Å². The number of hydrogen-bond acceptors (Lipinski definition) is 1. The fourth-order valence-electron chi connectivity index (χ4n) is 4.80.